The Hall–Kier alpha value is -1.66. The highest BCUT2D eigenvalue weighted by atomic mass is 19.4. The lowest BCUT2D eigenvalue weighted by atomic mass is 10.2. The van der Waals surface area contributed by atoms with Gasteiger partial charge in [0.2, 0.25) is 5.88 Å². The Bertz CT molecular complexity index is 351. The van der Waals surface area contributed by atoms with Crippen LogP contribution in [0.5, 0.6) is 5.88 Å². The number of nitrogen functional groups attached to an aromatic ring is 2. The summed E-state index contributed by atoms with van der Waals surface area (Å²) in [5, 5.41) is 0. The van der Waals surface area contributed by atoms with Crippen molar-refractivity contribution in [3.8, 4) is 5.88 Å². The maximum absolute atomic E-state index is 12.3. The molecule has 1 heterocycles. The summed E-state index contributed by atoms with van der Waals surface area (Å²) in [6.45, 7) is 0. The molecule has 0 saturated heterocycles. The molecule has 0 saturated carbocycles. The van der Waals surface area contributed by atoms with Crippen molar-refractivity contribution in [3.63, 3.8) is 0 Å². The van der Waals surface area contributed by atoms with E-state index >= 15 is 0 Å². The highest BCUT2D eigenvalue weighted by Gasteiger charge is 2.36. The molecule has 14 heavy (non-hydrogen) atoms. The quantitative estimate of drug-likeness (QED) is 0.727. The molecule has 0 amide bonds. The fourth-order valence-corrected chi connectivity index (χ4v) is 0.919. The summed E-state index contributed by atoms with van der Waals surface area (Å²) in [5.41, 5.74) is 8.68. The average Bonchev–Trinajstić information content (AvgIpc) is 2.02. The van der Waals surface area contributed by atoms with E-state index in [0.29, 0.717) is 0 Å². The maximum atomic E-state index is 12.3. The molecule has 0 aromatic carbocycles. The van der Waals surface area contributed by atoms with Gasteiger partial charge >= 0.3 is 6.18 Å². The van der Waals surface area contributed by atoms with Crippen molar-refractivity contribution in [2.45, 2.75) is 6.18 Å². The van der Waals surface area contributed by atoms with E-state index in [0.717, 1.165) is 6.07 Å². The number of ether oxygens (including phenoxy) is 1. The van der Waals surface area contributed by atoms with Crippen LogP contribution in [0.3, 0.4) is 0 Å². The summed E-state index contributed by atoms with van der Waals surface area (Å²) < 4.78 is 41.3. The standard InChI is InChI=1S/C7H8F3N3O/c1-14-6-4(12)2-3(11)5(13-6)7(8,9)10/h2H,11-12H2,1H3. The highest BCUT2D eigenvalue weighted by molar-refractivity contribution is 5.60. The first kappa shape index (κ1) is 10.4. The summed E-state index contributed by atoms with van der Waals surface area (Å²) in [7, 11) is 1.18. The van der Waals surface area contributed by atoms with E-state index in [1.807, 2.05) is 0 Å². The van der Waals surface area contributed by atoms with Gasteiger partial charge in [0.1, 0.15) is 0 Å². The normalized spacial score (nSPS) is 11.4. The zero-order valence-electron chi connectivity index (χ0n) is 7.22. The third-order valence-corrected chi connectivity index (χ3v) is 1.51. The van der Waals surface area contributed by atoms with E-state index in [-0.39, 0.29) is 11.6 Å². The fraction of sp³-hybridized carbons (Fsp3) is 0.286. The van der Waals surface area contributed by atoms with Crippen LogP contribution in [0, 0.1) is 0 Å². The summed E-state index contributed by atoms with van der Waals surface area (Å²) in [5.74, 6) is -0.286. The third kappa shape index (κ3) is 1.81. The Morgan fingerprint density at radius 3 is 2.29 bits per heavy atom. The number of nitrogens with two attached hydrogens (primary N) is 2. The van der Waals surface area contributed by atoms with Crippen LogP contribution >= 0.6 is 0 Å². The molecule has 0 aliphatic carbocycles. The van der Waals surface area contributed by atoms with Crippen molar-refractivity contribution < 1.29 is 17.9 Å². The number of rotatable bonds is 1. The van der Waals surface area contributed by atoms with Gasteiger partial charge < -0.3 is 16.2 Å². The van der Waals surface area contributed by atoms with Gasteiger partial charge in [0.15, 0.2) is 5.69 Å². The number of hydrogen-bond donors (Lipinski definition) is 2. The van der Waals surface area contributed by atoms with Crippen molar-refractivity contribution >= 4 is 11.4 Å². The van der Waals surface area contributed by atoms with Gasteiger partial charge in [0.25, 0.3) is 0 Å². The number of halogens is 3. The molecule has 0 fully saturated rings. The smallest absolute Gasteiger partial charge is 0.435 e. The van der Waals surface area contributed by atoms with E-state index in [1.165, 1.54) is 7.11 Å². The van der Waals surface area contributed by atoms with Crippen LogP contribution in [-0.4, -0.2) is 12.1 Å². The number of pyridine rings is 1. The van der Waals surface area contributed by atoms with Gasteiger partial charge in [-0.1, -0.05) is 0 Å². The molecular formula is C7H8F3N3O. The van der Waals surface area contributed by atoms with Crippen LogP contribution in [0.4, 0.5) is 24.5 Å². The monoisotopic (exact) mass is 207 g/mol. The van der Waals surface area contributed by atoms with Crippen LogP contribution in [0.25, 0.3) is 0 Å². The number of methoxy groups -OCH3 is 1. The maximum Gasteiger partial charge on any atom is 0.435 e. The van der Waals surface area contributed by atoms with E-state index in [2.05, 4.69) is 9.72 Å². The van der Waals surface area contributed by atoms with Crippen LogP contribution in [-0.2, 0) is 6.18 Å². The second-order valence-corrected chi connectivity index (χ2v) is 2.52. The lowest BCUT2D eigenvalue weighted by Crippen LogP contribution is -2.13. The van der Waals surface area contributed by atoms with Crippen LogP contribution in [0.1, 0.15) is 5.69 Å². The Morgan fingerprint density at radius 2 is 1.86 bits per heavy atom. The first-order valence-corrected chi connectivity index (χ1v) is 3.53. The first-order valence-electron chi connectivity index (χ1n) is 3.53. The molecule has 0 spiro atoms. The molecule has 78 valence electrons. The second kappa shape index (κ2) is 3.24. The predicted octanol–water partition coefficient (Wildman–Crippen LogP) is 1.27. The molecule has 1 aromatic rings. The van der Waals surface area contributed by atoms with Crippen molar-refractivity contribution in [1.29, 1.82) is 0 Å². The molecule has 7 heteroatoms. The van der Waals surface area contributed by atoms with Crippen molar-refractivity contribution in [2.75, 3.05) is 18.6 Å². The third-order valence-electron chi connectivity index (χ3n) is 1.51. The Labute approximate surface area is 77.7 Å². The van der Waals surface area contributed by atoms with E-state index < -0.39 is 17.6 Å². The van der Waals surface area contributed by atoms with Gasteiger partial charge in [-0.2, -0.15) is 13.2 Å². The molecule has 0 atom stereocenters. The Balaban J connectivity index is 3.32. The zero-order chi connectivity index (χ0) is 10.9. The number of hydrogen-bond acceptors (Lipinski definition) is 4. The second-order valence-electron chi connectivity index (χ2n) is 2.52. The number of nitrogens with zero attached hydrogens (tertiary/aromatic N) is 1. The van der Waals surface area contributed by atoms with Gasteiger partial charge in [-0.3, -0.25) is 0 Å². The van der Waals surface area contributed by atoms with Gasteiger partial charge in [-0.15, -0.1) is 0 Å². The van der Waals surface area contributed by atoms with Gasteiger partial charge in [-0.05, 0) is 6.07 Å². The van der Waals surface area contributed by atoms with Crippen molar-refractivity contribution in [3.05, 3.63) is 11.8 Å². The first-order chi connectivity index (χ1) is 6.36. The van der Waals surface area contributed by atoms with E-state index in [1.54, 1.807) is 0 Å². The Kier molecular flexibility index (Phi) is 2.41. The van der Waals surface area contributed by atoms with Gasteiger partial charge in [-0.25, -0.2) is 4.98 Å². The van der Waals surface area contributed by atoms with E-state index in [9.17, 15) is 13.2 Å². The largest absolute Gasteiger partial charge is 0.480 e. The van der Waals surface area contributed by atoms with Crippen LogP contribution in [0.2, 0.25) is 0 Å². The summed E-state index contributed by atoms with van der Waals surface area (Å²) in [4.78, 5) is 3.16. The predicted molar refractivity (Wildman–Crippen MR) is 44.6 cm³/mol. The lowest BCUT2D eigenvalue weighted by molar-refractivity contribution is -0.140. The molecule has 1 aromatic heterocycles. The molecule has 0 aliphatic heterocycles. The number of anilines is 2. The molecule has 4 nitrogen and oxygen atoms in total. The number of alkyl halides is 3. The molecule has 4 N–H and O–H groups in total. The summed E-state index contributed by atoms with van der Waals surface area (Å²) in [6, 6.07) is 0.967. The minimum absolute atomic E-state index is 0.0296. The van der Waals surface area contributed by atoms with Crippen molar-refractivity contribution in [1.82, 2.24) is 4.98 Å². The summed E-state index contributed by atoms with van der Waals surface area (Å²) in [6.07, 6.45) is -4.61. The van der Waals surface area contributed by atoms with Crippen molar-refractivity contribution in [2.24, 2.45) is 0 Å². The summed E-state index contributed by atoms with van der Waals surface area (Å²) >= 11 is 0. The van der Waals surface area contributed by atoms with Gasteiger partial charge in [0, 0.05) is 0 Å². The highest BCUT2D eigenvalue weighted by Crippen LogP contribution is 2.35. The minimum Gasteiger partial charge on any atom is -0.480 e. The molecule has 1 rings (SSSR count). The molecule has 0 bridgehead atoms. The molecule has 0 aliphatic rings. The minimum atomic E-state index is -4.61. The van der Waals surface area contributed by atoms with Crippen LogP contribution < -0.4 is 16.2 Å². The molecular weight excluding hydrogens is 199 g/mol. The topological polar surface area (TPSA) is 74.2 Å². The SMILES string of the molecule is COc1nc(C(F)(F)F)c(N)cc1N. The van der Waals surface area contributed by atoms with Gasteiger partial charge in [0.05, 0.1) is 18.5 Å². The number of aromatic nitrogens is 1. The van der Waals surface area contributed by atoms with Crippen LogP contribution in [0.15, 0.2) is 6.07 Å². The fourth-order valence-electron chi connectivity index (χ4n) is 0.919. The average molecular weight is 207 g/mol. The lowest BCUT2D eigenvalue weighted by Gasteiger charge is -2.11. The Morgan fingerprint density at radius 1 is 1.29 bits per heavy atom. The zero-order valence-corrected chi connectivity index (χ0v) is 7.22. The van der Waals surface area contributed by atoms with E-state index in [4.69, 9.17) is 11.5 Å². The molecule has 0 unspecified atom stereocenters. The molecule has 0 radical (unpaired) electrons.